The molecule has 0 aliphatic heterocycles. The Morgan fingerprint density at radius 2 is 2.20 bits per heavy atom. The Labute approximate surface area is 123 Å². The van der Waals surface area contributed by atoms with Gasteiger partial charge in [-0.05, 0) is 18.2 Å². The zero-order valence-electron chi connectivity index (χ0n) is 10.1. The van der Waals surface area contributed by atoms with Gasteiger partial charge in [-0.2, -0.15) is 10.4 Å². The number of benzene rings is 1. The summed E-state index contributed by atoms with van der Waals surface area (Å²) in [5.74, 6) is -1.04. The van der Waals surface area contributed by atoms with Crippen molar-refractivity contribution >= 4 is 31.8 Å². The molecule has 0 atom stereocenters. The predicted molar refractivity (Wildman–Crippen MR) is 72.8 cm³/mol. The Morgan fingerprint density at radius 1 is 1.50 bits per heavy atom. The number of hydrogen-bond donors (Lipinski definition) is 1. The highest BCUT2D eigenvalue weighted by Gasteiger charge is 2.22. The van der Waals surface area contributed by atoms with Crippen LogP contribution in [0.2, 0.25) is 0 Å². The predicted octanol–water partition coefficient (Wildman–Crippen LogP) is 1.99. The molecule has 20 heavy (non-hydrogen) atoms. The third-order valence-electron chi connectivity index (χ3n) is 2.36. The number of halogens is 2. The molecule has 1 heterocycles. The lowest BCUT2D eigenvalue weighted by atomic mass is 10.3. The summed E-state index contributed by atoms with van der Waals surface area (Å²) in [4.78, 5) is -0.518. The zero-order chi connectivity index (χ0) is 14.9. The van der Waals surface area contributed by atoms with E-state index in [4.69, 9.17) is 5.26 Å². The van der Waals surface area contributed by atoms with Crippen LogP contribution in [0.15, 0.2) is 33.8 Å². The molecule has 0 saturated heterocycles. The van der Waals surface area contributed by atoms with E-state index in [0.717, 1.165) is 12.1 Å². The lowest BCUT2D eigenvalue weighted by molar-refractivity contribution is 0.569. The molecule has 0 aliphatic rings. The van der Waals surface area contributed by atoms with Crippen molar-refractivity contribution in [1.29, 1.82) is 5.26 Å². The molecule has 0 spiro atoms. The summed E-state index contributed by atoms with van der Waals surface area (Å²) < 4.78 is 41.7. The van der Waals surface area contributed by atoms with E-state index < -0.39 is 20.7 Å². The Hall–Kier alpha value is -1.92. The van der Waals surface area contributed by atoms with Crippen molar-refractivity contribution in [1.82, 2.24) is 9.78 Å². The standard InChI is InChI=1S/C11H8BrFN4O2S/c1-17-6-7(5-14)11(15-17)16-20(18,19)10-3-2-8(12)4-9(10)13/h2-4,6H,1H3,(H,15,16). The van der Waals surface area contributed by atoms with Gasteiger partial charge in [0, 0.05) is 17.7 Å². The van der Waals surface area contributed by atoms with Gasteiger partial charge in [-0.3, -0.25) is 9.40 Å². The molecule has 0 saturated carbocycles. The van der Waals surface area contributed by atoms with Crippen LogP contribution in [0.25, 0.3) is 0 Å². The van der Waals surface area contributed by atoms with Crippen LogP contribution in [0.3, 0.4) is 0 Å². The monoisotopic (exact) mass is 358 g/mol. The summed E-state index contributed by atoms with van der Waals surface area (Å²) in [5, 5.41) is 12.7. The van der Waals surface area contributed by atoms with Gasteiger partial charge in [-0.25, -0.2) is 12.8 Å². The van der Waals surface area contributed by atoms with Crippen molar-refractivity contribution in [3.8, 4) is 6.07 Å². The third kappa shape index (κ3) is 2.81. The van der Waals surface area contributed by atoms with Crippen molar-refractivity contribution in [3.05, 3.63) is 40.2 Å². The second kappa shape index (κ2) is 5.22. The minimum atomic E-state index is -4.15. The zero-order valence-corrected chi connectivity index (χ0v) is 12.5. The summed E-state index contributed by atoms with van der Waals surface area (Å²) >= 11 is 3.04. The number of nitriles is 1. The number of hydrogen-bond acceptors (Lipinski definition) is 4. The number of aryl methyl sites for hydroxylation is 1. The minimum Gasteiger partial charge on any atom is -0.272 e. The lowest BCUT2D eigenvalue weighted by Gasteiger charge is -2.07. The van der Waals surface area contributed by atoms with E-state index in [1.807, 2.05) is 0 Å². The molecule has 0 aliphatic carbocycles. The van der Waals surface area contributed by atoms with Crippen molar-refractivity contribution in [3.63, 3.8) is 0 Å². The first-order valence-electron chi connectivity index (χ1n) is 5.25. The normalized spacial score (nSPS) is 11.1. The number of nitrogens with zero attached hydrogens (tertiary/aromatic N) is 3. The molecule has 0 amide bonds. The Morgan fingerprint density at radius 3 is 2.80 bits per heavy atom. The van der Waals surface area contributed by atoms with E-state index in [1.165, 1.54) is 16.9 Å². The molecule has 2 rings (SSSR count). The molecule has 1 N–H and O–H groups in total. The summed E-state index contributed by atoms with van der Waals surface area (Å²) in [5.41, 5.74) is 0.0496. The van der Waals surface area contributed by atoms with Crippen molar-refractivity contribution in [2.75, 3.05) is 4.72 Å². The number of nitrogens with one attached hydrogen (secondary N) is 1. The van der Waals surface area contributed by atoms with Crippen LogP contribution < -0.4 is 4.72 Å². The number of sulfonamides is 1. The van der Waals surface area contributed by atoms with Crippen molar-refractivity contribution in [2.45, 2.75) is 4.90 Å². The topological polar surface area (TPSA) is 87.8 Å². The maximum absolute atomic E-state index is 13.7. The highest BCUT2D eigenvalue weighted by Crippen LogP contribution is 2.22. The smallest absolute Gasteiger partial charge is 0.266 e. The van der Waals surface area contributed by atoms with Gasteiger partial charge in [0.15, 0.2) is 5.82 Å². The van der Waals surface area contributed by atoms with Crippen LogP contribution in [0.4, 0.5) is 10.2 Å². The summed E-state index contributed by atoms with van der Waals surface area (Å²) in [6, 6.07) is 5.37. The number of anilines is 1. The van der Waals surface area contributed by atoms with Crippen LogP contribution in [0, 0.1) is 17.1 Å². The number of rotatable bonds is 3. The Balaban J connectivity index is 2.44. The molecular formula is C11H8BrFN4O2S. The molecule has 2 aromatic rings. The lowest BCUT2D eigenvalue weighted by Crippen LogP contribution is -2.15. The maximum atomic E-state index is 13.7. The first-order chi connectivity index (χ1) is 9.33. The van der Waals surface area contributed by atoms with E-state index in [0.29, 0.717) is 4.47 Å². The quantitative estimate of drug-likeness (QED) is 0.908. The molecule has 104 valence electrons. The van der Waals surface area contributed by atoms with E-state index >= 15 is 0 Å². The maximum Gasteiger partial charge on any atom is 0.266 e. The van der Waals surface area contributed by atoms with Crippen LogP contribution >= 0.6 is 15.9 Å². The summed E-state index contributed by atoms with van der Waals surface area (Å²) in [6.07, 6.45) is 1.36. The minimum absolute atomic E-state index is 0.0496. The van der Waals surface area contributed by atoms with Crippen molar-refractivity contribution < 1.29 is 12.8 Å². The van der Waals surface area contributed by atoms with Gasteiger partial charge in [0.1, 0.15) is 22.3 Å². The summed E-state index contributed by atoms with van der Waals surface area (Å²) in [7, 11) is -2.61. The molecule has 9 heteroatoms. The van der Waals surface area contributed by atoms with Crippen LogP contribution in [-0.4, -0.2) is 18.2 Å². The first kappa shape index (κ1) is 14.5. The Kier molecular flexibility index (Phi) is 3.78. The largest absolute Gasteiger partial charge is 0.272 e. The van der Waals surface area contributed by atoms with Gasteiger partial charge in [-0.15, -0.1) is 0 Å². The van der Waals surface area contributed by atoms with E-state index in [2.05, 4.69) is 25.8 Å². The van der Waals surface area contributed by atoms with Gasteiger partial charge in [-0.1, -0.05) is 15.9 Å². The second-order valence-electron chi connectivity index (χ2n) is 3.86. The fourth-order valence-corrected chi connectivity index (χ4v) is 2.93. The van der Waals surface area contributed by atoms with E-state index in [1.54, 1.807) is 13.1 Å². The molecular weight excluding hydrogens is 351 g/mol. The van der Waals surface area contributed by atoms with Gasteiger partial charge >= 0.3 is 0 Å². The van der Waals surface area contributed by atoms with E-state index in [-0.39, 0.29) is 11.4 Å². The highest BCUT2D eigenvalue weighted by molar-refractivity contribution is 9.10. The number of aromatic nitrogens is 2. The fourth-order valence-electron chi connectivity index (χ4n) is 1.52. The fraction of sp³-hybridized carbons (Fsp3) is 0.0909. The second-order valence-corrected chi connectivity index (χ2v) is 6.42. The highest BCUT2D eigenvalue weighted by atomic mass is 79.9. The molecule has 1 aromatic carbocycles. The molecule has 0 bridgehead atoms. The molecule has 1 aromatic heterocycles. The molecule has 0 fully saturated rings. The van der Waals surface area contributed by atoms with Crippen LogP contribution in [-0.2, 0) is 17.1 Å². The van der Waals surface area contributed by atoms with Gasteiger partial charge in [0.25, 0.3) is 10.0 Å². The van der Waals surface area contributed by atoms with Gasteiger partial charge in [0.2, 0.25) is 0 Å². The average molecular weight is 359 g/mol. The average Bonchev–Trinajstić information content (AvgIpc) is 2.67. The van der Waals surface area contributed by atoms with Gasteiger partial charge < -0.3 is 0 Å². The Bertz CT molecular complexity index is 810. The molecule has 0 radical (unpaired) electrons. The molecule has 6 nitrogen and oxygen atoms in total. The summed E-state index contributed by atoms with van der Waals surface area (Å²) in [6.45, 7) is 0. The van der Waals surface area contributed by atoms with Crippen molar-refractivity contribution in [2.24, 2.45) is 7.05 Å². The molecule has 0 unspecified atom stereocenters. The third-order valence-corrected chi connectivity index (χ3v) is 4.23. The first-order valence-corrected chi connectivity index (χ1v) is 7.53. The SMILES string of the molecule is Cn1cc(C#N)c(NS(=O)(=O)c2ccc(Br)cc2F)n1. The van der Waals surface area contributed by atoms with Gasteiger partial charge in [0.05, 0.1) is 0 Å². The van der Waals surface area contributed by atoms with E-state index in [9.17, 15) is 12.8 Å². The van der Waals surface area contributed by atoms with Crippen LogP contribution in [0.5, 0.6) is 0 Å². The van der Waals surface area contributed by atoms with Crippen LogP contribution in [0.1, 0.15) is 5.56 Å².